The van der Waals surface area contributed by atoms with E-state index >= 15 is 0 Å². The zero-order valence-corrected chi connectivity index (χ0v) is 18.5. The molecule has 7 heteroatoms. The number of nitrogens with zero attached hydrogens (tertiary/aromatic N) is 1. The van der Waals surface area contributed by atoms with Gasteiger partial charge in [-0.2, -0.15) is 0 Å². The third-order valence-corrected chi connectivity index (χ3v) is 5.66. The van der Waals surface area contributed by atoms with Crippen molar-refractivity contribution in [3.63, 3.8) is 0 Å². The number of rotatable bonds is 7. The van der Waals surface area contributed by atoms with Gasteiger partial charge in [-0.25, -0.2) is 4.99 Å². The Morgan fingerprint density at radius 3 is 2.23 bits per heavy atom. The molecule has 0 amide bonds. The van der Waals surface area contributed by atoms with Crippen LogP contribution >= 0.6 is 23.2 Å². The third kappa shape index (κ3) is 5.49. The molecule has 0 unspecified atom stereocenters. The molecule has 0 bridgehead atoms. The van der Waals surface area contributed by atoms with Gasteiger partial charge < -0.3 is 15.3 Å². The summed E-state index contributed by atoms with van der Waals surface area (Å²) in [6.07, 6.45) is 4.88. The summed E-state index contributed by atoms with van der Waals surface area (Å²) in [6.45, 7) is 2.09. The quantitative estimate of drug-likeness (QED) is 0.320. The lowest BCUT2D eigenvalue weighted by Crippen LogP contribution is -2.23. The number of aliphatic imine (C=N–C) groups is 1. The monoisotopic (exact) mass is 459 g/mol. The predicted molar refractivity (Wildman–Crippen MR) is 124 cm³/mol. The van der Waals surface area contributed by atoms with Crippen LogP contribution in [0.5, 0.6) is 11.5 Å². The molecule has 0 radical (unpaired) electrons. The normalized spacial score (nSPS) is 15.5. The highest BCUT2D eigenvalue weighted by Crippen LogP contribution is 2.33. The minimum Gasteiger partial charge on any atom is -0.508 e. The summed E-state index contributed by atoms with van der Waals surface area (Å²) in [4.78, 5) is 17.3. The van der Waals surface area contributed by atoms with E-state index in [1.165, 1.54) is 24.3 Å². The Morgan fingerprint density at radius 2 is 1.58 bits per heavy atom. The number of hydrogen-bond acceptors (Lipinski definition) is 5. The highest BCUT2D eigenvalue weighted by Gasteiger charge is 2.27. The Bertz CT molecular complexity index is 1100. The highest BCUT2D eigenvalue weighted by molar-refractivity contribution is 6.51. The molecule has 2 aromatic carbocycles. The number of ketones is 1. The fraction of sp³-hybridized carbons (Fsp3) is 0.250. The zero-order chi connectivity index (χ0) is 22.5. The summed E-state index contributed by atoms with van der Waals surface area (Å²) in [7, 11) is 0. The number of carbonyl (C=O) groups excluding carboxylic acids is 1. The predicted octanol–water partition coefficient (Wildman–Crippen LogP) is 6.62. The number of benzene rings is 2. The van der Waals surface area contributed by atoms with E-state index in [1.54, 1.807) is 18.2 Å². The van der Waals surface area contributed by atoms with Crippen molar-refractivity contribution < 1.29 is 20.1 Å². The summed E-state index contributed by atoms with van der Waals surface area (Å²) < 4.78 is 0. The van der Waals surface area contributed by atoms with Crippen LogP contribution < -0.4 is 0 Å². The fourth-order valence-corrected chi connectivity index (χ4v) is 3.80. The topological polar surface area (TPSA) is 90.1 Å². The van der Waals surface area contributed by atoms with Crippen molar-refractivity contribution in [3.05, 3.63) is 75.0 Å². The molecular formula is C24H23Cl2NO4. The van der Waals surface area contributed by atoms with E-state index in [9.17, 15) is 20.1 Å². The lowest BCUT2D eigenvalue weighted by molar-refractivity contribution is -0.109. The van der Waals surface area contributed by atoms with Crippen molar-refractivity contribution in [2.75, 3.05) is 0 Å². The molecule has 0 aliphatic heterocycles. The molecule has 162 valence electrons. The second-order valence-electron chi connectivity index (χ2n) is 7.37. The van der Waals surface area contributed by atoms with Crippen LogP contribution in [0.2, 0.25) is 10.0 Å². The number of unbranched alkanes of at least 4 members (excludes halogenated alkanes) is 2. The standard InChI is InChI=1S/C24H23Cl2NO4/c1-2-3-4-5-16-17(10-14-6-8-20(28)18(25)11-14)22(30)13-23(31)24(16)27-15-7-9-21(29)19(26)12-15/h6-9,11-13,28-30H,2-5,10H2,1H3. The average molecular weight is 460 g/mol. The van der Waals surface area contributed by atoms with Gasteiger partial charge in [0.05, 0.1) is 15.7 Å². The number of hydrogen-bond donors (Lipinski definition) is 3. The van der Waals surface area contributed by atoms with Crippen molar-refractivity contribution in [1.82, 2.24) is 0 Å². The summed E-state index contributed by atoms with van der Waals surface area (Å²) in [6, 6.07) is 9.33. The highest BCUT2D eigenvalue weighted by atomic mass is 35.5. The van der Waals surface area contributed by atoms with Crippen LogP contribution in [0.3, 0.4) is 0 Å². The van der Waals surface area contributed by atoms with E-state index in [2.05, 4.69) is 11.9 Å². The zero-order valence-electron chi connectivity index (χ0n) is 17.0. The van der Waals surface area contributed by atoms with E-state index in [0.29, 0.717) is 29.7 Å². The molecule has 1 aliphatic rings. The number of aliphatic hydroxyl groups excluding tert-OH is 1. The molecule has 0 saturated carbocycles. The van der Waals surface area contributed by atoms with Crippen molar-refractivity contribution in [2.24, 2.45) is 4.99 Å². The first kappa shape index (κ1) is 22.9. The van der Waals surface area contributed by atoms with Gasteiger partial charge in [0, 0.05) is 18.1 Å². The van der Waals surface area contributed by atoms with E-state index in [0.717, 1.165) is 24.8 Å². The van der Waals surface area contributed by atoms with Crippen molar-refractivity contribution in [1.29, 1.82) is 0 Å². The number of halogens is 2. The molecule has 1 aliphatic carbocycles. The third-order valence-electron chi connectivity index (χ3n) is 5.06. The van der Waals surface area contributed by atoms with Crippen LogP contribution in [-0.4, -0.2) is 26.8 Å². The van der Waals surface area contributed by atoms with Crippen LogP contribution in [0.15, 0.2) is 64.4 Å². The summed E-state index contributed by atoms with van der Waals surface area (Å²) >= 11 is 12.0. The molecule has 0 aromatic heterocycles. The van der Waals surface area contributed by atoms with Gasteiger partial charge in [-0.1, -0.05) is 49.0 Å². The van der Waals surface area contributed by atoms with E-state index in [-0.39, 0.29) is 38.8 Å². The van der Waals surface area contributed by atoms with Crippen LogP contribution in [0.25, 0.3) is 0 Å². The van der Waals surface area contributed by atoms with Gasteiger partial charge in [0.25, 0.3) is 0 Å². The van der Waals surface area contributed by atoms with Gasteiger partial charge in [0.15, 0.2) is 0 Å². The Balaban J connectivity index is 2.08. The van der Waals surface area contributed by atoms with Crippen molar-refractivity contribution in [3.8, 4) is 11.5 Å². The Labute approximate surface area is 191 Å². The van der Waals surface area contributed by atoms with Gasteiger partial charge in [0.2, 0.25) is 5.78 Å². The fourth-order valence-electron chi connectivity index (χ4n) is 3.43. The lowest BCUT2D eigenvalue weighted by atomic mass is 9.86. The van der Waals surface area contributed by atoms with Gasteiger partial charge in [-0.3, -0.25) is 4.79 Å². The van der Waals surface area contributed by atoms with E-state index < -0.39 is 0 Å². The molecule has 0 heterocycles. The largest absolute Gasteiger partial charge is 0.508 e. The first-order valence-electron chi connectivity index (χ1n) is 10.0. The molecule has 0 saturated heterocycles. The Morgan fingerprint density at radius 1 is 0.903 bits per heavy atom. The van der Waals surface area contributed by atoms with Crippen LogP contribution in [0.4, 0.5) is 5.69 Å². The van der Waals surface area contributed by atoms with Gasteiger partial charge in [0.1, 0.15) is 23.0 Å². The number of phenolic OH excluding ortho intramolecular Hbond substituents is 2. The molecule has 31 heavy (non-hydrogen) atoms. The molecule has 5 nitrogen and oxygen atoms in total. The second-order valence-corrected chi connectivity index (χ2v) is 8.18. The van der Waals surface area contributed by atoms with Crippen LogP contribution in [0, 0.1) is 0 Å². The number of allylic oxidation sites excluding steroid dienone is 3. The Hall–Kier alpha value is -2.76. The number of aliphatic hydroxyl groups is 1. The van der Waals surface area contributed by atoms with Crippen molar-refractivity contribution in [2.45, 2.75) is 39.0 Å². The SMILES string of the molecule is CCCCCC1=C(Cc2ccc(O)c(Cl)c2)C(O)=CC(=O)C1=Nc1ccc(O)c(Cl)c1. The maximum Gasteiger partial charge on any atom is 0.208 e. The molecule has 2 aromatic rings. The lowest BCUT2D eigenvalue weighted by Gasteiger charge is -2.20. The Kier molecular flexibility index (Phi) is 7.42. The summed E-state index contributed by atoms with van der Waals surface area (Å²) in [5.74, 6) is -0.571. The van der Waals surface area contributed by atoms with Crippen LogP contribution in [-0.2, 0) is 11.2 Å². The molecule has 0 spiro atoms. The maximum atomic E-state index is 12.8. The summed E-state index contributed by atoms with van der Waals surface area (Å²) in [5.41, 5.74) is 2.73. The van der Waals surface area contributed by atoms with E-state index in [1.807, 2.05) is 0 Å². The maximum absolute atomic E-state index is 12.8. The number of phenols is 2. The molecule has 0 fully saturated rings. The molecule has 3 rings (SSSR count). The number of aromatic hydroxyl groups is 2. The minimum absolute atomic E-state index is 0.0207. The van der Waals surface area contributed by atoms with E-state index in [4.69, 9.17) is 23.2 Å². The first-order chi connectivity index (χ1) is 14.8. The van der Waals surface area contributed by atoms with Gasteiger partial charge in [-0.15, -0.1) is 0 Å². The summed E-state index contributed by atoms with van der Waals surface area (Å²) in [5, 5.41) is 30.3. The van der Waals surface area contributed by atoms with Gasteiger partial charge >= 0.3 is 0 Å². The second kappa shape index (κ2) is 10.0. The average Bonchev–Trinajstić information content (AvgIpc) is 2.72. The number of carbonyl (C=O) groups is 1. The first-order valence-corrected chi connectivity index (χ1v) is 10.8. The molecule has 0 atom stereocenters. The van der Waals surface area contributed by atoms with Gasteiger partial charge in [-0.05, 0) is 54.3 Å². The van der Waals surface area contributed by atoms with Crippen molar-refractivity contribution >= 4 is 40.4 Å². The molecule has 3 N–H and O–H groups in total. The smallest absolute Gasteiger partial charge is 0.208 e. The van der Waals surface area contributed by atoms with Crippen LogP contribution in [0.1, 0.15) is 38.2 Å². The minimum atomic E-state index is -0.388. The molecular weight excluding hydrogens is 437 g/mol.